The number of carbonyl (C=O) groups is 3. The first-order valence-electron chi connectivity index (χ1n) is 5.74. The molecule has 21 heavy (non-hydrogen) atoms. The summed E-state index contributed by atoms with van der Waals surface area (Å²) in [6, 6.07) is -0.820. The van der Waals surface area contributed by atoms with E-state index in [1.165, 1.54) is 0 Å². The number of aliphatic carboxylic acids is 3. The summed E-state index contributed by atoms with van der Waals surface area (Å²) < 4.78 is 0. The highest BCUT2D eigenvalue weighted by atomic mass is 16.4. The van der Waals surface area contributed by atoms with E-state index < -0.39 is 36.5 Å². The number of carboxylic acids is 3. The highest BCUT2D eigenvalue weighted by molar-refractivity contribution is 5.79. The van der Waals surface area contributed by atoms with Crippen LogP contribution in [0.2, 0.25) is 0 Å². The van der Waals surface area contributed by atoms with Crippen LogP contribution in [0.4, 0.5) is 0 Å². The molecule has 0 saturated carbocycles. The third-order valence-corrected chi connectivity index (χ3v) is 1.94. The number of aliphatic imine (C=N–C) groups is 1. The second kappa shape index (κ2) is 11.4. The van der Waals surface area contributed by atoms with Crippen molar-refractivity contribution < 1.29 is 34.8 Å². The number of carboxylic acid groups (broad SMARTS) is 3. The maximum Gasteiger partial charge on any atom is 0.333 e. The molecule has 0 aliphatic heterocycles. The summed E-state index contributed by atoms with van der Waals surface area (Å²) in [4.78, 5) is 33.3. The van der Waals surface area contributed by atoms with E-state index in [0.717, 1.165) is 0 Å². The molecule has 0 aliphatic rings. The average molecular weight is 308 g/mol. The SMILES string of the molecule is NC(N)=NCCC[C@H](N)C(=O)O.O=C(O)C[C@@H](O)C(=O)O. The van der Waals surface area contributed by atoms with Crippen LogP contribution >= 0.6 is 0 Å². The Hall–Kier alpha value is -2.40. The average Bonchev–Trinajstić information content (AvgIpc) is 2.33. The molecule has 0 rings (SSSR count). The molecule has 0 aromatic heterocycles. The number of nitrogens with zero attached hydrogens (tertiary/aromatic N) is 1. The van der Waals surface area contributed by atoms with Crippen molar-refractivity contribution in [1.29, 1.82) is 0 Å². The van der Waals surface area contributed by atoms with Crippen LogP contribution in [-0.4, -0.2) is 63.0 Å². The number of hydrogen-bond donors (Lipinski definition) is 7. The molecule has 0 spiro atoms. The molecule has 0 fully saturated rings. The molecule has 0 aliphatic carbocycles. The van der Waals surface area contributed by atoms with Crippen LogP contribution in [0.25, 0.3) is 0 Å². The molecule has 0 bridgehead atoms. The highest BCUT2D eigenvalue weighted by Gasteiger charge is 2.16. The highest BCUT2D eigenvalue weighted by Crippen LogP contribution is 1.94. The van der Waals surface area contributed by atoms with E-state index in [1.807, 2.05) is 0 Å². The van der Waals surface area contributed by atoms with Crippen LogP contribution in [0.3, 0.4) is 0 Å². The Morgan fingerprint density at radius 2 is 1.57 bits per heavy atom. The largest absolute Gasteiger partial charge is 0.481 e. The fourth-order valence-corrected chi connectivity index (χ4v) is 0.896. The molecule has 0 radical (unpaired) electrons. The van der Waals surface area contributed by atoms with Crippen molar-refractivity contribution in [3.05, 3.63) is 0 Å². The maximum atomic E-state index is 10.2. The van der Waals surface area contributed by atoms with Crippen molar-refractivity contribution in [3.63, 3.8) is 0 Å². The lowest BCUT2D eigenvalue weighted by molar-refractivity contribution is -0.152. The van der Waals surface area contributed by atoms with Gasteiger partial charge in [-0.2, -0.15) is 0 Å². The summed E-state index contributed by atoms with van der Waals surface area (Å²) in [5.74, 6) is -3.83. The summed E-state index contributed by atoms with van der Waals surface area (Å²) in [6.07, 6.45) is -1.59. The molecule has 0 aromatic rings. The molecule has 0 heterocycles. The van der Waals surface area contributed by atoms with E-state index in [4.69, 9.17) is 37.6 Å². The number of aliphatic hydroxyl groups is 1. The van der Waals surface area contributed by atoms with Crippen molar-refractivity contribution >= 4 is 23.9 Å². The van der Waals surface area contributed by atoms with E-state index in [1.54, 1.807) is 0 Å². The minimum Gasteiger partial charge on any atom is -0.481 e. The van der Waals surface area contributed by atoms with Crippen molar-refractivity contribution in [1.82, 2.24) is 0 Å². The van der Waals surface area contributed by atoms with Crippen LogP contribution in [0.1, 0.15) is 19.3 Å². The fraction of sp³-hybridized carbons (Fsp3) is 0.600. The van der Waals surface area contributed by atoms with Gasteiger partial charge in [0.2, 0.25) is 0 Å². The molecule has 0 saturated heterocycles. The zero-order valence-corrected chi connectivity index (χ0v) is 11.2. The molecule has 122 valence electrons. The van der Waals surface area contributed by atoms with Gasteiger partial charge in [0.05, 0.1) is 6.42 Å². The van der Waals surface area contributed by atoms with Crippen molar-refractivity contribution in [2.45, 2.75) is 31.4 Å². The standard InChI is InChI=1S/C6H14N4O2.C4H6O5/c7-4(5(11)12)2-1-3-10-6(8)9;5-2(4(8)9)1-3(6)7/h4H,1-3,7H2,(H,11,12)(H4,8,9,10);2,5H,1H2,(H,6,7)(H,8,9)/t4-;2-/m01/s1. The van der Waals surface area contributed by atoms with Gasteiger partial charge >= 0.3 is 17.9 Å². The first-order chi connectivity index (χ1) is 9.57. The number of nitrogens with two attached hydrogens (primary N) is 3. The van der Waals surface area contributed by atoms with Gasteiger partial charge in [-0.3, -0.25) is 14.6 Å². The lowest BCUT2D eigenvalue weighted by atomic mass is 10.2. The Morgan fingerprint density at radius 1 is 1.05 bits per heavy atom. The second-order valence-electron chi connectivity index (χ2n) is 3.85. The van der Waals surface area contributed by atoms with Crippen LogP contribution in [0, 0.1) is 0 Å². The Bertz CT molecular complexity index is 382. The van der Waals surface area contributed by atoms with Crippen molar-refractivity contribution in [3.8, 4) is 0 Å². The number of aliphatic hydroxyl groups excluding tert-OH is 1. The summed E-state index contributed by atoms with van der Waals surface area (Å²) >= 11 is 0. The van der Waals surface area contributed by atoms with Gasteiger partial charge in [0, 0.05) is 6.54 Å². The molecule has 10 N–H and O–H groups in total. The fourth-order valence-electron chi connectivity index (χ4n) is 0.896. The van der Waals surface area contributed by atoms with Crippen LogP contribution in [0.15, 0.2) is 4.99 Å². The van der Waals surface area contributed by atoms with E-state index in [2.05, 4.69) is 4.99 Å². The number of guanidine groups is 1. The van der Waals surface area contributed by atoms with Gasteiger partial charge in [0.25, 0.3) is 0 Å². The van der Waals surface area contributed by atoms with E-state index in [9.17, 15) is 14.4 Å². The summed E-state index contributed by atoms with van der Waals surface area (Å²) in [7, 11) is 0. The summed E-state index contributed by atoms with van der Waals surface area (Å²) in [5.41, 5.74) is 15.3. The third-order valence-electron chi connectivity index (χ3n) is 1.94. The van der Waals surface area contributed by atoms with Crippen molar-refractivity contribution in [2.24, 2.45) is 22.2 Å². The third kappa shape index (κ3) is 15.5. The maximum absolute atomic E-state index is 10.2. The van der Waals surface area contributed by atoms with Crippen LogP contribution < -0.4 is 17.2 Å². The van der Waals surface area contributed by atoms with Gasteiger partial charge in [-0.15, -0.1) is 0 Å². The van der Waals surface area contributed by atoms with Crippen LogP contribution in [-0.2, 0) is 14.4 Å². The van der Waals surface area contributed by atoms with Crippen molar-refractivity contribution in [2.75, 3.05) is 6.54 Å². The summed E-state index contributed by atoms with van der Waals surface area (Å²) in [6.45, 7) is 0.420. The van der Waals surface area contributed by atoms with Gasteiger partial charge in [-0.25, -0.2) is 4.79 Å². The predicted octanol–water partition coefficient (Wildman–Crippen LogP) is -2.64. The zero-order chi connectivity index (χ0) is 17.0. The monoisotopic (exact) mass is 308 g/mol. The molecular formula is C10H20N4O7. The van der Waals surface area contributed by atoms with Gasteiger partial charge < -0.3 is 37.6 Å². The van der Waals surface area contributed by atoms with Gasteiger partial charge in [0.15, 0.2) is 12.1 Å². The first kappa shape index (κ1) is 20.9. The molecule has 2 atom stereocenters. The van der Waals surface area contributed by atoms with Gasteiger partial charge in [-0.1, -0.05) is 0 Å². The topological polar surface area (TPSA) is 223 Å². The number of hydrogen-bond acceptors (Lipinski definition) is 6. The Balaban J connectivity index is 0. The summed E-state index contributed by atoms with van der Waals surface area (Å²) in [5, 5.41) is 32.5. The molecular weight excluding hydrogens is 288 g/mol. The van der Waals surface area contributed by atoms with Crippen LogP contribution in [0.5, 0.6) is 0 Å². The lowest BCUT2D eigenvalue weighted by Crippen LogP contribution is -2.30. The van der Waals surface area contributed by atoms with E-state index in [0.29, 0.717) is 19.4 Å². The Labute approximate surface area is 120 Å². The quantitative estimate of drug-likeness (QED) is 0.140. The van der Waals surface area contributed by atoms with Gasteiger partial charge in [-0.05, 0) is 12.8 Å². The van der Waals surface area contributed by atoms with Gasteiger partial charge in [0.1, 0.15) is 6.04 Å². The molecule has 11 heteroatoms. The Kier molecular flexibility index (Phi) is 11.4. The normalized spacial score (nSPS) is 12.3. The van der Waals surface area contributed by atoms with E-state index in [-0.39, 0.29) is 5.96 Å². The lowest BCUT2D eigenvalue weighted by Gasteiger charge is -2.03. The van der Waals surface area contributed by atoms with E-state index >= 15 is 0 Å². The molecule has 0 unspecified atom stereocenters. The minimum atomic E-state index is -1.79. The second-order valence-corrected chi connectivity index (χ2v) is 3.85. The Morgan fingerprint density at radius 3 is 1.86 bits per heavy atom. The molecule has 11 nitrogen and oxygen atoms in total. The number of rotatable bonds is 8. The smallest absolute Gasteiger partial charge is 0.333 e. The molecule has 0 aromatic carbocycles. The molecule has 0 amide bonds. The first-order valence-corrected chi connectivity index (χ1v) is 5.74. The predicted molar refractivity (Wildman–Crippen MR) is 71.4 cm³/mol. The minimum absolute atomic E-state index is 0.0129. The zero-order valence-electron chi connectivity index (χ0n) is 11.2.